The highest BCUT2D eigenvalue weighted by Gasteiger charge is 2.44. The Kier molecular flexibility index (Phi) is 3.35. The van der Waals surface area contributed by atoms with Crippen molar-refractivity contribution in [1.29, 1.82) is 5.26 Å². The summed E-state index contributed by atoms with van der Waals surface area (Å²) in [6.45, 7) is 1.58. The van der Waals surface area contributed by atoms with E-state index in [0.29, 0.717) is 32.5 Å². The van der Waals surface area contributed by atoms with Gasteiger partial charge in [0.1, 0.15) is 17.8 Å². The number of fused-ring (bicyclic) bond motifs is 1. The molecule has 3 rings (SSSR count). The van der Waals surface area contributed by atoms with E-state index in [0.717, 1.165) is 24.2 Å². The van der Waals surface area contributed by atoms with Gasteiger partial charge in [-0.15, -0.1) is 0 Å². The normalized spacial score (nSPS) is 20.4. The number of hydrogen-bond acceptors (Lipinski definition) is 3. The zero-order chi connectivity index (χ0) is 14.0. The molecule has 1 aliphatic heterocycles. The zero-order valence-electron chi connectivity index (χ0n) is 11.5. The Morgan fingerprint density at radius 3 is 2.80 bits per heavy atom. The molecule has 1 aromatic carbocycles. The molecule has 0 bridgehead atoms. The van der Waals surface area contributed by atoms with E-state index in [-0.39, 0.29) is 5.91 Å². The molecule has 104 valence electrons. The predicted octanol–water partition coefficient (Wildman–Crippen LogP) is 2.49. The van der Waals surface area contributed by atoms with Crippen molar-refractivity contribution < 1.29 is 9.53 Å². The molecule has 4 heteroatoms. The van der Waals surface area contributed by atoms with Gasteiger partial charge in [-0.3, -0.25) is 4.79 Å². The topological polar surface area (TPSA) is 53.3 Å². The predicted molar refractivity (Wildman–Crippen MR) is 73.9 cm³/mol. The van der Waals surface area contributed by atoms with Crippen molar-refractivity contribution in [3.05, 3.63) is 29.8 Å². The SMILES string of the molecule is N#CC1(C(=O)N2CCOc3ccccc3C2)CCCC1. The van der Waals surface area contributed by atoms with Gasteiger partial charge in [-0.1, -0.05) is 31.0 Å². The molecule has 1 saturated carbocycles. The second-order valence-electron chi connectivity index (χ2n) is 5.58. The van der Waals surface area contributed by atoms with Crippen molar-refractivity contribution in [2.45, 2.75) is 32.2 Å². The van der Waals surface area contributed by atoms with Crippen molar-refractivity contribution in [3.63, 3.8) is 0 Å². The monoisotopic (exact) mass is 270 g/mol. The van der Waals surface area contributed by atoms with E-state index in [1.165, 1.54) is 0 Å². The Labute approximate surface area is 118 Å². The van der Waals surface area contributed by atoms with Gasteiger partial charge in [0.25, 0.3) is 0 Å². The van der Waals surface area contributed by atoms with Crippen LogP contribution in [0.15, 0.2) is 24.3 Å². The number of ether oxygens (including phenoxy) is 1. The minimum atomic E-state index is -0.792. The minimum Gasteiger partial charge on any atom is -0.491 e. The second kappa shape index (κ2) is 5.16. The first-order valence-corrected chi connectivity index (χ1v) is 7.16. The van der Waals surface area contributed by atoms with Gasteiger partial charge in [-0.25, -0.2) is 0 Å². The summed E-state index contributed by atoms with van der Waals surface area (Å²) in [5.74, 6) is 0.832. The van der Waals surface area contributed by atoms with Crippen LogP contribution >= 0.6 is 0 Å². The second-order valence-corrected chi connectivity index (χ2v) is 5.58. The highest BCUT2D eigenvalue weighted by Crippen LogP contribution is 2.39. The number of para-hydroxylation sites is 1. The van der Waals surface area contributed by atoms with Gasteiger partial charge < -0.3 is 9.64 Å². The molecule has 2 aliphatic rings. The number of nitrogens with zero attached hydrogens (tertiary/aromatic N) is 2. The summed E-state index contributed by atoms with van der Waals surface area (Å²) >= 11 is 0. The van der Waals surface area contributed by atoms with Gasteiger partial charge in [-0.05, 0) is 18.9 Å². The lowest BCUT2D eigenvalue weighted by molar-refractivity contribution is -0.139. The smallest absolute Gasteiger partial charge is 0.243 e. The summed E-state index contributed by atoms with van der Waals surface area (Å²) in [6.07, 6.45) is 3.34. The van der Waals surface area contributed by atoms with Crippen LogP contribution in [0.1, 0.15) is 31.2 Å². The lowest BCUT2D eigenvalue weighted by Gasteiger charge is -2.28. The zero-order valence-corrected chi connectivity index (χ0v) is 11.5. The molecule has 1 aliphatic carbocycles. The van der Waals surface area contributed by atoms with E-state index < -0.39 is 5.41 Å². The number of hydrogen-bond donors (Lipinski definition) is 0. The van der Waals surface area contributed by atoms with Gasteiger partial charge in [0.05, 0.1) is 12.6 Å². The number of nitriles is 1. The number of amides is 1. The molecule has 0 spiro atoms. The van der Waals surface area contributed by atoms with Crippen LogP contribution in [-0.4, -0.2) is 24.0 Å². The third-order valence-electron chi connectivity index (χ3n) is 4.32. The molecule has 0 N–H and O–H groups in total. The molecule has 0 saturated heterocycles. The first-order chi connectivity index (χ1) is 9.75. The molecule has 1 heterocycles. The maximum Gasteiger partial charge on any atom is 0.243 e. The quantitative estimate of drug-likeness (QED) is 0.787. The highest BCUT2D eigenvalue weighted by molar-refractivity contribution is 5.86. The molecule has 0 aromatic heterocycles. The van der Waals surface area contributed by atoms with E-state index in [4.69, 9.17) is 4.74 Å². The molecule has 1 aromatic rings. The fourth-order valence-electron chi connectivity index (χ4n) is 3.15. The fourth-order valence-corrected chi connectivity index (χ4v) is 3.15. The Morgan fingerprint density at radius 1 is 1.30 bits per heavy atom. The Bertz CT molecular complexity index is 556. The van der Waals surface area contributed by atoms with Crippen molar-refractivity contribution in [3.8, 4) is 11.8 Å². The van der Waals surface area contributed by atoms with Crippen molar-refractivity contribution >= 4 is 5.91 Å². The van der Waals surface area contributed by atoms with Crippen molar-refractivity contribution in [1.82, 2.24) is 4.90 Å². The van der Waals surface area contributed by atoms with Crippen LogP contribution in [-0.2, 0) is 11.3 Å². The maximum absolute atomic E-state index is 12.8. The van der Waals surface area contributed by atoms with Crippen LogP contribution in [0.25, 0.3) is 0 Å². The Morgan fingerprint density at radius 2 is 2.05 bits per heavy atom. The van der Waals surface area contributed by atoms with E-state index in [2.05, 4.69) is 6.07 Å². The van der Waals surface area contributed by atoms with Gasteiger partial charge in [0.2, 0.25) is 5.91 Å². The summed E-state index contributed by atoms with van der Waals surface area (Å²) in [6, 6.07) is 10.1. The van der Waals surface area contributed by atoms with Gasteiger partial charge >= 0.3 is 0 Å². The summed E-state index contributed by atoms with van der Waals surface area (Å²) in [5, 5.41) is 9.45. The van der Waals surface area contributed by atoms with Crippen molar-refractivity contribution in [2.75, 3.05) is 13.2 Å². The molecule has 0 unspecified atom stereocenters. The maximum atomic E-state index is 12.8. The minimum absolute atomic E-state index is 0.0159. The third kappa shape index (κ3) is 2.14. The standard InChI is InChI=1S/C16H18N2O2/c17-12-16(7-3-4-8-16)15(19)18-9-10-20-14-6-2-1-5-13(14)11-18/h1-2,5-6H,3-4,7-11H2. The van der Waals surface area contributed by atoms with E-state index in [1.807, 2.05) is 24.3 Å². The van der Waals surface area contributed by atoms with Crippen LogP contribution in [0.5, 0.6) is 5.75 Å². The Balaban J connectivity index is 1.84. The van der Waals surface area contributed by atoms with Crippen LogP contribution in [0.3, 0.4) is 0 Å². The average molecular weight is 270 g/mol. The number of carbonyl (C=O) groups is 1. The van der Waals surface area contributed by atoms with Gasteiger partial charge in [-0.2, -0.15) is 5.26 Å². The summed E-state index contributed by atoms with van der Waals surface area (Å²) in [5.41, 5.74) is 0.226. The van der Waals surface area contributed by atoms with Crippen LogP contribution in [0, 0.1) is 16.7 Å². The van der Waals surface area contributed by atoms with Crippen LogP contribution in [0.4, 0.5) is 0 Å². The number of carbonyl (C=O) groups excluding carboxylic acids is 1. The lowest BCUT2D eigenvalue weighted by atomic mass is 9.86. The first-order valence-electron chi connectivity index (χ1n) is 7.16. The lowest BCUT2D eigenvalue weighted by Crippen LogP contribution is -2.42. The summed E-state index contributed by atoms with van der Waals surface area (Å²) < 4.78 is 5.68. The molecule has 1 fully saturated rings. The van der Waals surface area contributed by atoms with Gasteiger partial charge in [0, 0.05) is 12.1 Å². The van der Waals surface area contributed by atoms with Crippen molar-refractivity contribution in [2.24, 2.45) is 5.41 Å². The molecule has 4 nitrogen and oxygen atoms in total. The highest BCUT2D eigenvalue weighted by atomic mass is 16.5. The molecule has 0 radical (unpaired) electrons. The number of benzene rings is 1. The Hall–Kier alpha value is -2.02. The molecule has 20 heavy (non-hydrogen) atoms. The molecule has 1 amide bonds. The van der Waals surface area contributed by atoms with E-state index >= 15 is 0 Å². The van der Waals surface area contributed by atoms with E-state index in [9.17, 15) is 10.1 Å². The largest absolute Gasteiger partial charge is 0.491 e. The summed E-state index contributed by atoms with van der Waals surface area (Å²) in [4.78, 5) is 14.6. The molecule has 0 atom stereocenters. The molecular formula is C16H18N2O2. The van der Waals surface area contributed by atoms with E-state index in [1.54, 1.807) is 4.90 Å². The molecular weight excluding hydrogens is 252 g/mol. The third-order valence-corrected chi connectivity index (χ3v) is 4.32. The van der Waals surface area contributed by atoms with Crippen LogP contribution < -0.4 is 4.74 Å². The van der Waals surface area contributed by atoms with Crippen LogP contribution in [0.2, 0.25) is 0 Å². The number of rotatable bonds is 1. The average Bonchev–Trinajstić information content (AvgIpc) is 2.87. The summed E-state index contributed by atoms with van der Waals surface area (Å²) in [7, 11) is 0. The first kappa shape index (κ1) is 13.0. The van der Waals surface area contributed by atoms with Gasteiger partial charge in [0.15, 0.2) is 0 Å². The fraction of sp³-hybridized carbons (Fsp3) is 0.500.